The van der Waals surface area contributed by atoms with Crippen molar-refractivity contribution < 1.29 is 0 Å². The lowest BCUT2D eigenvalue weighted by Gasteiger charge is -2.03. The predicted molar refractivity (Wildman–Crippen MR) is 154 cm³/mol. The number of rotatable bonds is 8. The number of nitrogens with zero attached hydrogens (tertiary/aromatic N) is 5. The first kappa shape index (κ1) is 28.9. The van der Waals surface area contributed by atoms with Gasteiger partial charge in [0.2, 0.25) is 10.3 Å². The van der Waals surface area contributed by atoms with E-state index in [4.69, 9.17) is 0 Å². The van der Waals surface area contributed by atoms with E-state index in [1.807, 2.05) is 25.1 Å². The second-order valence-corrected chi connectivity index (χ2v) is 12.0. The Labute approximate surface area is 221 Å². The van der Waals surface area contributed by atoms with E-state index in [0.29, 0.717) is 18.1 Å². The average Bonchev–Trinajstić information content (AvgIpc) is 3.48. The Balaban J connectivity index is 0.000000187. The smallest absolute Gasteiger partial charge is 0.205 e. The van der Waals surface area contributed by atoms with Crippen LogP contribution < -0.4 is 16.0 Å². The molecule has 0 fully saturated rings. The topological polar surface area (TPSA) is 101 Å². The van der Waals surface area contributed by atoms with Crippen LogP contribution in [0.5, 0.6) is 0 Å². The Bertz CT molecular complexity index is 1080. The van der Waals surface area contributed by atoms with Crippen molar-refractivity contribution in [3.63, 3.8) is 0 Å². The zero-order valence-electron chi connectivity index (χ0n) is 21.9. The molecule has 3 aromatic heterocycles. The maximum Gasteiger partial charge on any atom is 0.205 e. The van der Waals surface area contributed by atoms with Gasteiger partial charge in [0.05, 0.1) is 10.2 Å². The standard InChI is InChI=1S/C10H12N2S.C8H15N3S.C6H11N3S/c1-7(2)11-10-12-8-5-3-4-6-9(8)13-10;1-4-5-7-10-11-8(12-7)9-6(2)3;1-4(2)7-6-9-8-5(3)10-6/h3-7H,1-2H3,(H,11,12);6H,4-5H2,1-3H3,(H,9,11);4H,1-3H3,(H,7,9). The van der Waals surface area contributed by atoms with Gasteiger partial charge in [0, 0.05) is 24.5 Å². The van der Waals surface area contributed by atoms with Gasteiger partial charge in [-0.15, -0.1) is 20.4 Å². The van der Waals surface area contributed by atoms with E-state index < -0.39 is 0 Å². The second-order valence-electron chi connectivity index (χ2n) is 8.76. The minimum atomic E-state index is 0.437. The minimum absolute atomic E-state index is 0.437. The van der Waals surface area contributed by atoms with E-state index >= 15 is 0 Å². The summed E-state index contributed by atoms with van der Waals surface area (Å²) in [5, 5.41) is 30.6. The lowest BCUT2D eigenvalue weighted by Crippen LogP contribution is -2.08. The monoisotopic (exact) mass is 534 g/mol. The normalized spacial score (nSPS) is 10.7. The summed E-state index contributed by atoms with van der Waals surface area (Å²) in [6.45, 7) is 16.7. The van der Waals surface area contributed by atoms with Gasteiger partial charge in [-0.25, -0.2) is 4.98 Å². The second kappa shape index (κ2) is 14.9. The SMILES string of the molecule is CC(C)Nc1nc2ccccc2s1.CCCc1nnc(NC(C)C)s1.Cc1nnc(NC(C)C)s1. The summed E-state index contributed by atoms with van der Waals surface area (Å²) in [7, 11) is 0. The Hall–Kier alpha value is -2.37. The minimum Gasteiger partial charge on any atom is -0.359 e. The summed E-state index contributed by atoms with van der Waals surface area (Å²) in [5.41, 5.74) is 1.08. The Morgan fingerprint density at radius 3 is 1.83 bits per heavy atom. The lowest BCUT2D eigenvalue weighted by molar-refractivity contribution is 0.863. The van der Waals surface area contributed by atoms with E-state index in [2.05, 4.69) is 95.9 Å². The maximum absolute atomic E-state index is 4.46. The van der Waals surface area contributed by atoms with Crippen LogP contribution in [-0.2, 0) is 6.42 Å². The summed E-state index contributed by atoms with van der Waals surface area (Å²) in [6.07, 6.45) is 2.17. The molecule has 11 heteroatoms. The third kappa shape index (κ3) is 11.3. The Kier molecular flexibility index (Phi) is 12.3. The van der Waals surface area contributed by atoms with Gasteiger partial charge in [0.25, 0.3) is 0 Å². The van der Waals surface area contributed by atoms with Gasteiger partial charge in [-0.2, -0.15) is 0 Å². The first-order valence-electron chi connectivity index (χ1n) is 11.9. The van der Waals surface area contributed by atoms with E-state index in [-0.39, 0.29) is 0 Å². The van der Waals surface area contributed by atoms with Crippen LogP contribution in [0.1, 0.15) is 64.9 Å². The predicted octanol–water partition coefficient (Wildman–Crippen LogP) is 7.09. The van der Waals surface area contributed by atoms with E-state index in [0.717, 1.165) is 43.8 Å². The molecule has 8 nitrogen and oxygen atoms in total. The van der Waals surface area contributed by atoms with E-state index in [1.54, 1.807) is 34.0 Å². The van der Waals surface area contributed by atoms with Gasteiger partial charge in [-0.1, -0.05) is 53.1 Å². The van der Waals surface area contributed by atoms with Crippen LogP contribution in [0.2, 0.25) is 0 Å². The zero-order chi connectivity index (χ0) is 25.8. The highest BCUT2D eigenvalue weighted by atomic mass is 32.1. The van der Waals surface area contributed by atoms with Crippen molar-refractivity contribution in [3.05, 3.63) is 34.3 Å². The molecule has 4 aromatic rings. The third-order valence-electron chi connectivity index (χ3n) is 3.99. The molecule has 0 amide bonds. The number of aryl methyl sites for hydroxylation is 2. The molecule has 3 N–H and O–H groups in total. The fourth-order valence-electron chi connectivity index (χ4n) is 2.66. The number of hydrogen-bond acceptors (Lipinski definition) is 11. The molecular weight excluding hydrogens is 497 g/mol. The maximum atomic E-state index is 4.46. The van der Waals surface area contributed by atoms with Crippen molar-refractivity contribution in [2.45, 2.75) is 86.4 Å². The van der Waals surface area contributed by atoms with E-state index in [1.165, 1.54) is 4.70 Å². The van der Waals surface area contributed by atoms with Crippen LogP contribution in [0.4, 0.5) is 15.4 Å². The summed E-state index contributed by atoms with van der Waals surface area (Å²) in [4.78, 5) is 4.46. The van der Waals surface area contributed by atoms with Crippen LogP contribution in [0.3, 0.4) is 0 Å². The molecule has 0 atom stereocenters. The molecule has 0 aliphatic heterocycles. The lowest BCUT2D eigenvalue weighted by atomic mass is 10.3. The van der Waals surface area contributed by atoms with Gasteiger partial charge >= 0.3 is 0 Å². The highest BCUT2D eigenvalue weighted by Crippen LogP contribution is 2.25. The summed E-state index contributed by atoms with van der Waals surface area (Å²) in [6, 6.07) is 9.51. The number of aromatic nitrogens is 5. The fraction of sp³-hybridized carbons (Fsp3) is 0.542. The van der Waals surface area contributed by atoms with Crippen molar-refractivity contribution in [2.24, 2.45) is 0 Å². The van der Waals surface area contributed by atoms with Crippen LogP contribution in [0, 0.1) is 6.92 Å². The molecule has 0 saturated heterocycles. The average molecular weight is 535 g/mol. The molecule has 0 bridgehead atoms. The third-order valence-corrected chi connectivity index (χ3v) is 6.64. The number of para-hydroxylation sites is 1. The highest BCUT2D eigenvalue weighted by Gasteiger charge is 2.04. The van der Waals surface area contributed by atoms with Crippen molar-refractivity contribution in [3.8, 4) is 0 Å². The highest BCUT2D eigenvalue weighted by molar-refractivity contribution is 7.22. The van der Waals surface area contributed by atoms with Gasteiger partial charge in [0.1, 0.15) is 10.0 Å². The van der Waals surface area contributed by atoms with Crippen LogP contribution in [0.25, 0.3) is 10.2 Å². The van der Waals surface area contributed by atoms with Gasteiger partial charge < -0.3 is 16.0 Å². The molecule has 0 unspecified atom stereocenters. The summed E-state index contributed by atoms with van der Waals surface area (Å²) >= 11 is 4.94. The van der Waals surface area contributed by atoms with Gasteiger partial charge in [0.15, 0.2) is 5.13 Å². The number of anilines is 3. The molecule has 3 heterocycles. The molecule has 1 aromatic carbocycles. The number of benzene rings is 1. The molecule has 4 rings (SSSR count). The molecule has 0 saturated carbocycles. The van der Waals surface area contributed by atoms with Gasteiger partial charge in [-0.05, 0) is 67.0 Å². The molecule has 0 aliphatic rings. The van der Waals surface area contributed by atoms with Gasteiger partial charge in [-0.3, -0.25) is 0 Å². The summed E-state index contributed by atoms with van der Waals surface area (Å²) in [5.74, 6) is 0. The molecule has 0 aliphatic carbocycles. The van der Waals surface area contributed by atoms with Crippen molar-refractivity contribution in [2.75, 3.05) is 16.0 Å². The Morgan fingerprint density at radius 2 is 1.29 bits per heavy atom. The van der Waals surface area contributed by atoms with Crippen LogP contribution >= 0.6 is 34.0 Å². The number of hydrogen-bond donors (Lipinski definition) is 3. The number of thiazole rings is 1. The van der Waals surface area contributed by atoms with E-state index in [9.17, 15) is 0 Å². The molecule has 192 valence electrons. The Morgan fingerprint density at radius 1 is 0.714 bits per heavy atom. The summed E-state index contributed by atoms with van der Waals surface area (Å²) < 4.78 is 1.24. The van der Waals surface area contributed by atoms with Crippen molar-refractivity contribution in [1.29, 1.82) is 0 Å². The molecule has 35 heavy (non-hydrogen) atoms. The van der Waals surface area contributed by atoms with Crippen molar-refractivity contribution >= 4 is 59.6 Å². The van der Waals surface area contributed by atoms with Crippen LogP contribution in [-0.4, -0.2) is 43.5 Å². The molecule has 0 radical (unpaired) electrons. The first-order chi connectivity index (χ1) is 16.7. The van der Waals surface area contributed by atoms with Crippen molar-refractivity contribution in [1.82, 2.24) is 25.4 Å². The number of fused-ring (bicyclic) bond motifs is 1. The molecule has 0 spiro atoms. The zero-order valence-corrected chi connectivity index (χ0v) is 24.4. The number of nitrogens with one attached hydrogen (secondary N) is 3. The quantitative estimate of drug-likeness (QED) is 0.220. The largest absolute Gasteiger partial charge is 0.359 e. The first-order valence-corrected chi connectivity index (χ1v) is 14.4. The van der Waals surface area contributed by atoms with Crippen LogP contribution in [0.15, 0.2) is 24.3 Å². The molecular formula is C24H38N8S3. The fourth-order valence-corrected chi connectivity index (χ4v) is 5.39.